The Morgan fingerprint density at radius 3 is 2.59 bits per heavy atom. The monoisotopic (exact) mass is 517 g/mol. The SMILES string of the molecule is CN=C(NCc1cccc(COC2CCOCC2)c1)NC(C)CCCC(C)C.I. The lowest BCUT2D eigenvalue weighted by Gasteiger charge is -2.22. The molecule has 166 valence electrons. The van der Waals surface area contributed by atoms with Gasteiger partial charge in [-0.15, -0.1) is 24.0 Å². The molecule has 0 aliphatic carbocycles. The number of nitrogens with one attached hydrogen (secondary N) is 2. The third-order valence-corrected chi connectivity index (χ3v) is 5.13. The Balaban J connectivity index is 0.00000420. The van der Waals surface area contributed by atoms with E-state index in [1.165, 1.54) is 24.0 Å². The van der Waals surface area contributed by atoms with Crippen LogP contribution in [-0.4, -0.2) is 38.4 Å². The Bertz CT molecular complexity index is 589. The van der Waals surface area contributed by atoms with E-state index in [0.717, 1.165) is 50.9 Å². The number of benzene rings is 1. The lowest BCUT2D eigenvalue weighted by Crippen LogP contribution is -2.41. The molecule has 0 aromatic heterocycles. The molecule has 2 rings (SSSR count). The van der Waals surface area contributed by atoms with E-state index in [1.54, 1.807) is 0 Å². The van der Waals surface area contributed by atoms with Crippen LogP contribution in [0.25, 0.3) is 0 Å². The van der Waals surface area contributed by atoms with Crippen molar-refractivity contribution < 1.29 is 9.47 Å². The van der Waals surface area contributed by atoms with Gasteiger partial charge in [0.15, 0.2) is 5.96 Å². The number of ether oxygens (including phenoxy) is 2. The number of guanidine groups is 1. The summed E-state index contributed by atoms with van der Waals surface area (Å²) in [6.07, 6.45) is 6.02. The molecule has 0 amide bonds. The number of rotatable bonds is 10. The molecule has 0 bridgehead atoms. The van der Waals surface area contributed by atoms with Crippen LogP contribution < -0.4 is 10.6 Å². The number of halogens is 1. The van der Waals surface area contributed by atoms with Crippen LogP contribution >= 0.6 is 24.0 Å². The molecule has 1 heterocycles. The Morgan fingerprint density at radius 1 is 1.17 bits per heavy atom. The molecule has 0 spiro atoms. The fourth-order valence-corrected chi connectivity index (χ4v) is 3.40. The van der Waals surface area contributed by atoms with Crippen molar-refractivity contribution in [2.45, 2.75) is 78.2 Å². The summed E-state index contributed by atoms with van der Waals surface area (Å²) < 4.78 is 11.4. The van der Waals surface area contributed by atoms with E-state index in [9.17, 15) is 0 Å². The molecule has 29 heavy (non-hydrogen) atoms. The Hall–Kier alpha value is -0.860. The zero-order chi connectivity index (χ0) is 20.2. The van der Waals surface area contributed by atoms with Crippen molar-refractivity contribution in [3.8, 4) is 0 Å². The summed E-state index contributed by atoms with van der Waals surface area (Å²) in [6, 6.07) is 9.01. The van der Waals surface area contributed by atoms with Crippen molar-refractivity contribution in [2.75, 3.05) is 20.3 Å². The molecule has 1 aromatic carbocycles. The van der Waals surface area contributed by atoms with E-state index in [0.29, 0.717) is 18.8 Å². The lowest BCUT2D eigenvalue weighted by atomic mass is 10.0. The van der Waals surface area contributed by atoms with Gasteiger partial charge < -0.3 is 20.1 Å². The van der Waals surface area contributed by atoms with Crippen LogP contribution in [0.3, 0.4) is 0 Å². The van der Waals surface area contributed by atoms with Gasteiger partial charge in [0.2, 0.25) is 0 Å². The van der Waals surface area contributed by atoms with Gasteiger partial charge in [-0.25, -0.2) is 0 Å². The molecule has 1 aromatic rings. The third-order valence-electron chi connectivity index (χ3n) is 5.13. The third kappa shape index (κ3) is 11.2. The minimum atomic E-state index is 0. The van der Waals surface area contributed by atoms with E-state index < -0.39 is 0 Å². The molecule has 1 atom stereocenters. The molecule has 1 aliphatic heterocycles. The zero-order valence-corrected chi connectivity index (χ0v) is 20.9. The molecule has 1 unspecified atom stereocenters. The van der Waals surface area contributed by atoms with Crippen LogP contribution in [0, 0.1) is 5.92 Å². The Labute approximate surface area is 194 Å². The summed E-state index contributed by atoms with van der Waals surface area (Å²) in [7, 11) is 1.83. The normalized spacial score (nSPS) is 16.4. The summed E-state index contributed by atoms with van der Waals surface area (Å²) >= 11 is 0. The van der Waals surface area contributed by atoms with Crippen molar-refractivity contribution in [1.82, 2.24) is 10.6 Å². The maximum atomic E-state index is 6.04. The first-order valence-corrected chi connectivity index (χ1v) is 10.8. The highest BCUT2D eigenvalue weighted by molar-refractivity contribution is 14.0. The van der Waals surface area contributed by atoms with Gasteiger partial charge in [-0.05, 0) is 43.2 Å². The summed E-state index contributed by atoms with van der Waals surface area (Å²) in [5.41, 5.74) is 2.46. The molecule has 1 fully saturated rings. The first-order valence-electron chi connectivity index (χ1n) is 10.8. The highest BCUT2D eigenvalue weighted by Gasteiger charge is 2.14. The van der Waals surface area contributed by atoms with E-state index in [2.05, 4.69) is 60.7 Å². The van der Waals surface area contributed by atoms with Gasteiger partial charge in [-0.2, -0.15) is 0 Å². The maximum Gasteiger partial charge on any atom is 0.191 e. The molecule has 1 aliphatic rings. The molecular formula is C23H40IN3O2. The molecule has 2 N–H and O–H groups in total. The average molecular weight is 517 g/mol. The molecule has 0 saturated carbocycles. The largest absolute Gasteiger partial charge is 0.381 e. The van der Waals surface area contributed by atoms with Gasteiger partial charge in [0.05, 0.1) is 12.7 Å². The topological polar surface area (TPSA) is 54.9 Å². The first-order chi connectivity index (χ1) is 13.6. The van der Waals surface area contributed by atoms with E-state index in [-0.39, 0.29) is 24.0 Å². The highest BCUT2D eigenvalue weighted by Crippen LogP contribution is 2.14. The molecule has 0 radical (unpaired) electrons. The van der Waals surface area contributed by atoms with Gasteiger partial charge >= 0.3 is 0 Å². The number of hydrogen-bond acceptors (Lipinski definition) is 3. The quantitative estimate of drug-likeness (QED) is 0.264. The zero-order valence-electron chi connectivity index (χ0n) is 18.6. The highest BCUT2D eigenvalue weighted by atomic mass is 127. The molecule has 6 heteroatoms. The second kappa shape index (κ2) is 15.0. The molecule has 5 nitrogen and oxygen atoms in total. The molecular weight excluding hydrogens is 477 g/mol. The van der Waals surface area contributed by atoms with Crippen molar-refractivity contribution in [3.63, 3.8) is 0 Å². The first kappa shape index (κ1) is 26.2. The van der Waals surface area contributed by atoms with Gasteiger partial charge in [0.25, 0.3) is 0 Å². The van der Waals surface area contributed by atoms with Crippen molar-refractivity contribution in [2.24, 2.45) is 10.9 Å². The van der Waals surface area contributed by atoms with Crippen LogP contribution in [0.1, 0.15) is 64.0 Å². The van der Waals surface area contributed by atoms with Crippen LogP contribution in [0.2, 0.25) is 0 Å². The van der Waals surface area contributed by atoms with Crippen LogP contribution in [0.4, 0.5) is 0 Å². The summed E-state index contributed by atoms with van der Waals surface area (Å²) in [5.74, 6) is 1.63. The predicted octanol–water partition coefficient (Wildman–Crippen LogP) is 4.88. The van der Waals surface area contributed by atoms with E-state index in [4.69, 9.17) is 9.47 Å². The maximum absolute atomic E-state index is 6.04. The molecule has 1 saturated heterocycles. The number of nitrogens with zero attached hydrogens (tertiary/aromatic N) is 1. The Morgan fingerprint density at radius 2 is 1.90 bits per heavy atom. The second-order valence-corrected chi connectivity index (χ2v) is 8.24. The number of aliphatic imine (C=N–C) groups is 1. The van der Waals surface area contributed by atoms with Gasteiger partial charge in [0.1, 0.15) is 0 Å². The predicted molar refractivity (Wildman–Crippen MR) is 132 cm³/mol. The van der Waals surface area contributed by atoms with Crippen LogP contribution in [0.5, 0.6) is 0 Å². The lowest BCUT2D eigenvalue weighted by molar-refractivity contribution is -0.0390. The van der Waals surface area contributed by atoms with Gasteiger partial charge in [-0.1, -0.05) is 51.0 Å². The van der Waals surface area contributed by atoms with E-state index >= 15 is 0 Å². The van der Waals surface area contributed by atoms with Crippen LogP contribution in [0.15, 0.2) is 29.3 Å². The second-order valence-electron chi connectivity index (χ2n) is 8.24. The van der Waals surface area contributed by atoms with E-state index in [1.807, 2.05) is 7.05 Å². The number of hydrogen-bond donors (Lipinski definition) is 2. The Kier molecular flexibility index (Phi) is 13.6. The summed E-state index contributed by atoms with van der Waals surface area (Å²) in [4.78, 5) is 4.36. The van der Waals surface area contributed by atoms with Gasteiger partial charge in [-0.3, -0.25) is 4.99 Å². The van der Waals surface area contributed by atoms with Gasteiger partial charge in [0, 0.05) is 32.8 Å². The summed E-state index contributed by atoms with van der Waals surface area (Å²) in [5, 5.41) is 6.93. The minimum Gasteiger partial charge on any atom is -0.381 e. The van der Waals surface area contributed by atoms with Crippen molar-refractivity contribution in [3.05, 3.63) is 35.4 Å². The standard InChI is InChI=1S/C23H39N3O2.HI/c1-18(2)7-5-8-19(3)26-23(24-4)25-16-20-9-6-10-21(15-20)17-28-22-11-13-27-14-12-22;/h6,9-10,15,18-19,22H,5,7-8,11-14,16-17H2,1-4H3,(H2,24,25,26);1H. The smallest absolute Gasteiger partial charge is 0.191 e. The minimum absolute atomic E-state index is 0. The van der Waals surface area contributed by atoms with Crippen LogP contribution in [-0.2, 0) is 22.6 Å². The summed E-state index contributed by atoms with van der Waals surface area (Å²) in [6.45, 7) is 9.83. The van der Waals surface area contributed by atoms with Crippen molar-refractivity contribution in [1.29, 1.82) is 0 Å². The van der Waals surface area contributed by atoms with Crippen molar-refractivity contribution >= 4 is 29.9 Å². The fraction of sp³-hybridized carbons (Fsp3) is 0.696. The average Bonchev–Trinajstić information content (AvgIpc) is 2.70. The fourth-order valence-electron chi connectivity index (χ4n) is 3.40.